The summed E-state index contributed by atoms with van der Waals surface area (Å²) in [6.07, 6.45) is 4.06. The van der Waals surface area contributed by atoms with Crippen molar-refractivity contribution in [3.8, 4) is 0 Å². The third-order valence-electron chi connectivity index (χ3n) is 3.82. The first-order chi connectivity index (χ1) is 9.06. The van der Waals surface area contributed by atoms with Crippen molar-refractivity contribution in [2.24, 2.45) is 0 Å². The van der Waals surface area contributed by atoms with Crippen molar-refractivity contribution >= 4 is 5.97 Å². The van der Waals surface area contributed by atoms with E-state index in [9.17, 15) is 9.90 Å². The van der Waals surface area contributed by atoms with E-state index < -0.39 is 5.97 Å². The minimum absolute atomic E-state index is 0.316. The molecule has 1 fully saturated rings. The van der Waals surface area contributed by atoms with Gasteiger partial charge in [-0.1, -0.05) is 42.2 Å². The lowest BCUT2D eigenvalue weighted by Gasteiger charge is -2.27. The highest BCUT2D eigenvalue weighted by molar-refractivity contribution is 5.73. The lowest BCUT2D eigenvalue weighted by molar-refractivity contribution is -0.143. The number of carboxylic acid groups (broad SMARTS) is 1. The number of hydrogen-bond donors (Lipinski definition) is 1. The van der Waals surface area contributed by atoms with Gasteiger partial charge in [-0.3, -0.25) is 9.69 Å². The molecule has 0 bridgehead atoms. The van der Waals surface area contributed by atoms with E-state index in [-0.39, 0.29) is 6.04 Å². The Morgan fingerprint density at radius 2 is 1.89 bits per heavy atom. The fraction of sp³-hybridized carbons (Fsp3) is 0.562. The predicted octanol–water partition coefficient (Wildman–Crippen LogP) is 3.13. The van der Waals surface area contributed by atoms with Crippen LogP contribution in [0.25, 0.3) is 0 Å². The van der Waals surface area contributed by atoms with Crippen molar-refractivity contribution in [3.05, 3.63) is 34.9 Å². The molecule has 1 N–H and O–H groups in total. The van der Waals surface area contributed by atoms with Crippen LogP contribution in [0.2, 0.25) is 0 Å². The molecule has 1 heterocycles. The van der Waals surface area contributed by atoms with Gasteiger partial charge < -0.3 is 5.11 Å². The van der Waals surface area contributed by atoms with Crippen LogP contribution in [0.15, 0.2) is 18.2 Å². The zero-order valence-corrected chi connectivity index (χ0v) is 11.9. The Morgan fingerprint density at radius 1 is 1.21 bits per heavy atom. The van der Waals surface area contributed by atoms with Crippen molar-refractivity contribution in [2.75, 3.05) is 6.54 Å². The minimum Gasteiger partial charge on any atom is -0.480 e. The van der Waals surface area contributed by atoms with Crippen LogP contribution in [0.5, 0.6) is 0 Å². The van der Waals surface area contributed by atoms with Gasteiger partial charge in [-0.15, -0.1) is 0 Å². The molecule has 1 aliphatic rings. The van der Waals surface area contributed by atoms with Gasteiger partial charge in [0, 0.05) is 6.54 Å². The number of rotatable bonds is 3. The van der Waals surface area contributed by atoms with Crippen LogP contribution in [0.1, 0.15) is 42.4 Å². The summed E-state index contributed by atoms with van der Waals surface area (Å²) < 4.78 is 0. The molecule has 104 valence electrons. The number of aliphatic carboxylic acids is 1. The number of carbonyl (C=O) groups is 1. The van der Waals surface area contributed by atoms with E-state index in [1.807, 2.05) is 0 Å². The SMILES string of the molecule is Cc1cc(C)cc(CN2CCCCCC2C(=O)O)c1. The summed E-state index contributed by atoms with van der Waals surface area (Å²) in [6, 6.07) is 6.16. The lowest BCUT2D eigenvalue weighted by Crippen LogP contribution is -2.40. The van der Waals surface area contributed by atoms with Gasteiger partial charge in [0.25, 0.3) is 0 Å². The summed E-state index contributed by atoms with van der Waals surface area (Å²) in [6.45, 7) is 5.82. The van der Waals surface area contributed by atoms with Gasteiger partial charge in [0.2, 0.25) is 0 Å². The Kier molecular flexibility index (Phi) is 4.59. The second kappa shape index (κ2) is 6.20. The van der Waals surface area contributed by atoms with E-state index in [1.165, 1.54) is 16.7 Å². The summed E-state index contributed by atoms with van der Waals surface area (Å²) in [5.74, 6) is -0.675. The minimum atomic E-state index is -0.675. The van der Waals surface area contributed by atoms with Gasteiger partial charge in [-0.05, 0) is 38.8 Å². The Bertz CT molecular complexity index is 436. The van der Waals surface area contributed by atoms with E-state index in [1.54, 1.807) is 0 Å². The maximum Gasteiger partial charge on any atom is 0.320 e. The monoisotopic (exact) mass is 261 g/mol. The Hall–Kier alpha value is -1.35. The molecule has 0 aromatic heterocycles. The van der Waals surface area contributed by atoms with Crippen LogP contribution in [0, 0.1) is 13.8 Å². The molecule has 2 rings (SSSR count). The fourth-order valence-corrected chi connectivity index (χ4v) is 3.03. The van der Waals surface area contributed by atoms with Crippen LogP contribution in [-0.2, 0) is 11.3 Å². The predicted molar refractivity (Wildman–Crippen MR) is 76.2 cm³/mol. The largest absolute Gasteiger partial charge is 0.480 e. The summed E-state index contributed by atoms with van der Waals surface area (Å²) >= 11 is 0. The van der Waals surface area contributed by atoms with Crippen LogP contribution < -0.4 is 0 Å². The zero-order chi connectivity index (χ0) is 13.8. The average Bonchev–Trinajstić information content (AvgIpc) is 2.53. The van der Waals surface area contributed by atoms with Gasteiger partial charge in [-0.2, -0.15) is 0 Å². The molecule has 0 saturated carbocycles. The van der Waals surface area contributed by atoms with Crippen LogP contribution in [0.3, 0.4) is 0 Å². The van der Waals surface area contributed by atoms with Crippen molar-refractivity contribution in [2.45, 2.75) is 52.1 Å². The van der Waals surface area contributed by atoms with Crippen molar-refractivity contribution in [1.29, 1.82) is 0 Å². The Labute approximate surface area is 115 Å². The normalized spacial score (nSPS) is 21.1. The molecule has 1 aromatic carbocycles. The maximum atomic E-state index is 11.4. The topological polar surface area (TPSA) is 40.5 Å². The smallest absolute Gasteiger partial charge is 0.320 e. The zero-order valence-electron chi connectivity index (χ0n) is 11.9. The maximum absolute atomic E-state index is 11.4. The molecule has 0 aliphatic carbocycles. The third-order valence-corrected chi connectivity index (χ3v) is 3.82. The molecule has 1 aromatic rings. The Morgan fingerprint density at radius 3 is 2.53 bits per heavy atom. The van der Waals surface area contributed by atoms with E-state index in [0.717, 1.165) is 38.8 Å². The summed E-state index contributed by atoms with van der Waals surface area (Å²) in [4.78, 5) is 13.5. The molecule has 3 heteroatoms. The number of hydrogen-bond acceptors (Lipinski definition) is 2. The highest BCUT2D eigenvalue weighted by atomic mass is 16.4. The molecule has 19 heavy (non-hydrogen) atoms. The molecular weight excluding hydrogens is 238 g/mol. The summed E-state index contributed by atoms with van der Waals surface area (Å²) in [5.41, 5.74) is 3.72. The first-order valence-corrected chi connectivity index (χ1v) is 7.10. The van der Waals surface area contributed by atoms with E-state index >= 15 is 0 Å². The fourth-order valence-electron chi connectivity index (χ4n) is 3.03. The van der Waals surface area contributed by atoms with Gasteiger partial charge >= 0.3 is 5.97 Å². The second-order valence-corrected chi connectivity index (χ2v) is 5.67. The highest BCUT2D eigenvalue weighted by Gasteiger charge is 2.26. The van der Waals surface area contributed by atoms with Crippen LogP contribution >= 0.6 is 0 Å². The first-order valence-electron chi connectivity index (χ1n) is 7.10. The van der Waals surface area contributed by atoms with Crippen LogP contribution in [0.4, 0.5) is 0 Å². The van der Waals surface area contributed by atoms with E-state index in [2.05, 4.69) is 36.9 Å². The molecule has 0 amide bonds. The van der Waals surface area contributed by atoms with Crippen molar-refractivity contribution in [3.63, 3.8) is 0 Å². The van der Waals surface area contributed by atoms with E-state index in [0.29, 0.717) is 0 Å². The lowest BCUT2D eigenvalue weighted by atomic mass is 10.1. The third kappa shape index (κ3) is 3.80. The quantitative estimate of drug-likeness (QED) is 0.908. The number of benzene rings is 1. The number of nitrogens with zero attached hydrogens (tertiary/aromatic N) is 1. The molecule has 0 radical (unpaired) electrons. The van der Waals surface area contributed by atoms with E-state index in [4.69, 9.17) is 0 Å². The van der Waals surface area contributed by atoms with Gasteiger partial charge in [0.1, 0.15) is 6.04 Å². The number of likely N-dealkylation sites (tertiary alicyclic amines) is 1. The average molecular weight is 261 g/mol. The van der Waals surface area contributed by atoms with Crippen LogP contribution in [-0.4, -0.2) is 28.6 Å². The second-order valence-electron chi connectivity index (χ2n) is 5.67. The molecule has 1 saturated heterocycles. The summed E-state index contributed by atoms with van der Waals surface area (Å²) in [7, 11) is 0. The first kappa shape index (κ1) is 14.1. The molecule has 1 aliphatic heterocycles. The van der Waals surface area contributed by atoms with Gasteiger partial charge in [0.15, 0.2) is 0 Å². The molecule has 3 nitrogen and oxygen atoms in total. The summed E-state index contributed by atoms with van der Waals surface area (Å²) in [5, 5.41) is 9.38. The van der Waals surface area contributed by atoms with Crippen molar-refractivity contribution in [1.82, 2.24) is 4.90 Å². The molecule has 1 atom stereocenters. The molecule has 1 unspecified atom stereocenters. The standard InChI is InChI=1S/C16H23NO2/c1-12-8-13(2)10-14(9-12)11-17-7-5-3-4-6-15(17)16(18)19/h8-10,15H,3-7,11H2,1-2H3,(H,18,19). The van der Waals surface area contributed by atoms with Gasteiger partial charge in [-0.25, -0.2) is 0 Å². The highest BCUT2D eigenvalue weighted by Crippen LogP contribution is 2.20. The van der Waals surface area contributed by atoms with Crippen molar-refractivity contribution < 1.29 is 9.90 Å². The van der Waals surface area contributed by atoms with Gasteiger partial charge in [0.05, 0.1) is 0 Å². The molecular formula is C16H23NO2. The number of aryl methyl sites for hydroxylation is 2. The molecule has 0 spiro atoms. The Balaban J connectivity index is 2.15. The number of carboxylic acids is 1.